The van der Waals surface area contributed by atoms with Crippen LogP contribution in [0.15, 0.2) is 35.0 Å². The van der Waals surface area contributed by atoms with Crippen LogP contribution in [0, 0.1) is 13.8 Å². The number of benzene rings is 1. The van der Waals surface area contributed by atoms with E-state index in [9.17, 15) is 4.79 Å². The molecule has 134 valence electrons. The van der Waals surface area contributed by atoms with Crippen molar-refractivity contribution in [1.29, 1.82) is 0 Å². The Morgan fingerprint density at radius 1 is 1.16 bits per heavy atom. The van der Waals surface area contributed by atoms with E-state index in [-0.39, 0.29) is 5.91 Å². The monoisotopic (exact) mass is 357 g/mol. The molecule has 5 heteroatoms. The molecule has 4 nitrogen and oxygen atoms in total. The van der Waals surface area contributed by atoms with Gasteiger partial charge in [-0.15, -0.1) is 0 Å². The number of carbonyl (C=O) groups excluding carboxylic acids is 1. The van der Waals surface area contributed by atoms with Crippen molar-refractivity contribution in [1.82, 2.24) is 9.80 Å². The Bertz CT molecular complexity index is 706. The molecule has 1 amide bonds. The summed E-state index contributed by atoms with van der Waals surface area (Å²) in [6.45, 7) is 9.08. The zero-order chi connectivity index (χ0) is 17.8. The highest BCUT2D eigenvalue weighted by atomic mass is 32.1. The van der Waals surface area contributed by atoms with E-state index >= 15 is 0 Å². The Labute approximate surface area is 154 Å². The molecule has 0 unspecified atom stereocenters. The van der Waals surface area contributed by atoms with Gasteiger partial charge >= 0.3 is 0 Å². The van der Waals surface area contributed by atoms with Crippen LogP contribution in [0.3, 0.4) is 0 Å². The smallest absolute Gasteiger partial charge is 0.236 e. The Morgan fingerprint density at radius 2 is 1.92 bits per heavy atom. The fraction of sp³-hybridized carbons (Fsp3) is 0.450. The molecule has 3 rings (SSSR count). The first kappa shape index (κ1) is 18.0. The number of nitrogens with zero attached hydrogens (tertiary/aromatic N) is 3. The normalized spacial score (nSPS) is 15.0. The van der Waals surface area contributed by atoms with Crippen LogP contribution >= 0.6 is 11.3 Å². The van der Waals surface area contributed by atoms with Gasteiger partial charge in [-0.2, -0.15) is 11.3 Å². The molecule has 0 radical (unpaired) electrons. The molecule has 1 aliphatic rings. The molecule has 1 aliphatic heterocycles. The average molecular weight is 358 g/mol. The van der Waals surface area contributed by atoms with E-state index in [1.807, 2.05) is 11.9 Å². The van der Waals surface area contributed by atoms with E-state index in [2.05, 4.69) is 58.7 Å². The van der Waals surface area contributed by atoms with Crippen LogP contribution in [0.4, 0.5) is 5.69 Å². The van der Waals surface area contributed by atoms with Crippen molar-refractivity contribution in [2.75, 3.05) is 44.7 Å². The molecule has 1 saturated heterocycles. The zero-order valence-corrected chi connectivity index (χ0v) is 16.2. The van der Waals surface area contributed by atoms with Crippen molar-refractivity contribution in [2.45, 2.75) is 20.4 Å². The van der Waals surface area contributed by atoms with Crippen LogP contribution in [-0.4, -0.2) is 55.5 Å². The molecule has 0 N–H and O–H groups in total. The summed E-state index contributed by atoms with van der Waals surface area (Å²) in [7, 11) is 2.02. The quantitative estimate of drug-likeness (QED) is 0.822. The van der Waals surface area contributed by atoms with Gasteiger partial charge in [-0.3, -0.25) is 9.69 Å². The SMILES string of the molecule is Cc1cccc(N2CCN(C(=O)CN(C)Cc3ccsc3)CC2)c1C. The summed E-state index contributed by atoms with van der Waals surface area (Å²) in [5.74, 6) is 0.235. The lowest BCUT2D eigenvalue weighted by Gasteiger charge is -2.37. The molecule has 2 aromatic rings. The fourth-order valence-corrected chi connectivity index (χ4v) is 4.02. The highest BCUT2D eigenvalue weighted by Gasteiger charge is 2.23. The second-order valence-electron chi connectivity index (χ2n) is 6.89. The molecule has 0 bridgehead atoms. The van der Waals surface area contributed by atoms with E-state index < -0.39 is 0 Å². The highest BCUT2D eigenvalue weighted by molar-refractivity contribution is 7.07. The summed E-state index contributed by atoms with van der Waals surface area (Å²) >= 11 is 1.70. The first-order chi connectivity index (χ1) is 12.0. The lowest BCUT2D eigenvalue weighted by molar-refractivity contribution is -0.132. The summed E-state index contributed by atoms with van der Waals surface area (Å²) < 4.78 is 0. The maximum Gasteiger partial charge on any atom is 0.236 e. The Hall–Kier alpha value is -1.85. The van der Waals surface area contributed by atoms with Crippen molar-refractivity contribution in [3.63, 3.8) is 0 Å². The zero-order valence-electron chi connectivity index (χ0n) is 15.4. The average Bonchev–Trinajstić information content (AvgIpc) is 3.10. The van der Waals surface area contributed by atoms with Gasteiger partial charge in [0.1, 0.15) is 0 Å². The molecule has 1 aromatic heterocycles. The van der Waals surface area contributed by atoms with E-state index in [1.165, 1.54) is 22.4 Å². The lowest BCUT2D eigenvalue weighted by Crippen LogP contribution is -2.51. The van der Waals surface area contributed by atoms with Gasteiger partial charge in [0.15, 0.2) is 0 Å². The molecular formula is C20H27N3OS. The van der Waals surface area contributed by atoms with Gasteiger partial charge in [-0.05, 0) is 60.5 Å². The number of carbonyl (C=O) groups is 1. The number of thiophene rings is 1. The molecule has 1 fully saturated rings. The predicted octanol–water partition coefficient (Wildman–Crippen LogP) is 3.15. The summed E-state index contributed by atoms with van der Waals surface area (Å²) in [4.78, 5) is 19.1. The van der Waals surface area contributed by atoms with E-state index in [0.29, 0.717) is 6.54 Å². The Morgan fingerprint density at radius 3 is 2.60 bits per heavy atom. The second-order valence-corrected chi connectivity index (χ2v) is 7.67. The number of hydrogen-bond acceptors (Lipinski definition) is 4. The molecule has 25 heavy (non-hydrogen) atoms. The molecule has 0 aliphatic carbocycles. The second kappa shape index (κ2) is 8.02. The van der Waals surface area contributed by atoms with Gasteiger partial charge in [0, 0.05) is 38.4 Å². The Kier molecular flexibility index (Phi) is 5.76. The van der Waals surface area contributed by atoms with E-state index in [1.54, 1.807) is 11.3 Å². The molecule has 0 saturated carbocycles. The van der Waals surface area contributed by atoms with Crippen molar-refractivity contribution in [3.05, 3.63) is 51.7 Å². The summed E-state index contributed by atoms with van der Waals surface area (Å²) in [5, 5.41) is 4.22. The minimum absolute atomic E-state index is 0.235. The number of rotatable bonds is 5. The highest BCUT2D eigenvalue weighted by Crippen LogP contribution is 2.23. The maximum absolute atomic E-state index is 12.6. The van der Waals surface area contributed by atoms with Crippen molar-refractivity contribution < 1.29 is 4.79 Å². The Balaban J connectivity index is 1.51. The summed E-state index contributed by atoms with van der Waals surface area (Å²) in [6.07, 6.45) is 0. The van der Waals surface area contributed by atoms with Crippen LogP contribution in [0.5, 0.6) is 0 Å². The number of likely N-dealkylation sites (N-methyl/N-ethyl adjacent to an activating group) is 1. The van der Waals surface area contributed by atoms with E-state index in [0.717, 1.165) is 32.7 Å². The van der Waals surface area contributed by atoms with Crippen molar-refractivity contribution in [2.24, 2.45) is 0 Å². The first-order valence-corrected chi connectivity index (χ1v) is 9.77. The minimum Gasteiger partial charge on any atom is -0.368 e. The van der Waals surface area contributed by atoms with Gasteiger partial charge in [0.25, 0.3) is 0 Å². The standard InChI is InChI=1S/C20H27N3OS/c1-16-5-4-6-19(17(16)2)22-8-10-23(11-9-22)20(24)14-21(3)13-18-7-12-25-15-18/h4-7,12,15H,8-11,13-14H2,1-3H3. The van der Waals surface area contributed by atoms with E-state index in [4.69, 9.17) is 0 Å². The van der Waals surface area contributed by atoms with Crippen LogP contribution in [0.1, 0.15) is 16.7 Å². The number of piperazine rings is 1. The lowest BCUT2D eigenvalue weighted by atomic mass is 10.1. The largest absolute Gasteiger partial charge is 0.368 e. The maximum atomic E-state index is 12.6. The van der Waals surface area contributed by atoms with Gasteiger partial charge in [0.2, 0.25) is 5.91 Å². The van der Waals surface area contributed by atoms with Crippen LogP contribution in [0.2, 0.25) is 0 Å². The van der Waals surface area contributed by atoms with Gasteiger partial charge in [-0.25, -0.2) is 0 Å². The molecular weight excluding hydrogens is 330 g/mol. The fourth-order valence-electron chi connectivity index (χ4n) is 3.36. The van der Waals surface area contributed by atoms with Gasteiger partial charge < -0.3 is 9.80 Å². The molecule has 2 heterocycles. The third-order valence-corrected chi connectivity index (χ3v) is 5.72. The third-order valence-electron chi connectivity index (χ3n) is 4.99. The molecule has 0 atom stereocenters. The van der Waals surface area contributed by atoms with Crippen LogP contribution < -0.4 is 4.90 Å². The number of aryl methyl sites for hydroxylation is 1. The molecule has 1 aromatic carbocycles. The summed E-state index contributed by atoms with van der Waals surface area (Å²) in [6, 6.07) is 8.58. The number of amides is 1. The topological polar surface area (TPSA) is 26.8 Å². The summed E-state index contributed by atoms with van der Waals surface area (Å²) in [5.41, 5.74) is 5.26. The molecule has 0 spiro atoms. The minimum atomic E-state index is 0.235. The van der Waals surface area contributed by atoms with Crippen molar-refractivity contribution in [3.8, 4) is 0 Å². The third kappa shape index (κ3) is 4.41. The predicted molar refractivity (Wildman–Crippen MR) is 105 cm³/mol. The van der Waals surface area contributed by atoms with Gasteiger partial charge in [-0.1, -0.05) is 12.1 Å². The number of hydrogen-bond donors (Lipinski definition) is 0. The van der Waals surface area contributed by atoms with Crippen LogP contribution in [-0.2, 0) is 11.3 Å². The van der Waals surface area contributed by atoms with Gasteiger partial charge in [0.05, 0.1) is 6.54 Å². The first-order valence-electron chi connectivity index (χ1n) is 8.83. The number of anilines is 1. The van der Waals surface area contributed by atoms with Crippen LogP contribution in [0.25, 0.3) is 0 Å². The van der Waals surface area contributed by atoms with Crippen molar-refractivity contribution >= 4 is 22.9 Å².